The van der Waals surface area contributed by atoms with Crippen molar-refractivity contribution in [3.8, 4) is 17.0 Å². The Kier molecular flexibility index (Phi) is 10.4. The van der Waals surface area contributed by atoms with Gasteiger partial charge >= 0.3 is 6.18 Å². The van der Waals surface area contributed by atoms with Crippen molar-refractivity contribution in [1.29, 1.82) is 0 Å². The highest BCUT2D eigenvalue weighted by Crippen LogP contribution is 2.30. The Morgan fingerprint density at radius 3 is 2.30 bits per heavy atom. The fraction of sp³-hybridized carbons (Fsp3) is 0.195. The van der Waals surface area contributed by atoms with E-state index < -0.39 is 23.7 Å². The van der Waals surface area contributed by atoms with Gasteiger partial charge in [0.1, 0.15) is 11.8 Å². The molecule has 0 aliphatic carbocycles. The molecule has 254 valence electrons. The molecule has 6 rings (SSSR count). The fourth-order valence-electron chi connectivity index (χ4n) is 6.12. The molecule has 1 aromatic heterocycles. The Morgan fingerprint density at radius 2 is 1.62 bits per heavy atom. The maximum absolute atomic E-state index is 14.6. The van der Waals surface area contributed by atoms with Crippen LogP contribution in [0.5, 0.6) is 5.75 Å². The van der Waals surface area contributed by atoms with Crippen molar-refractivity contribution in [2.75, 3.05) is 13.7 Å². The smallest absolute Gasteiger partial charge is 0.416 e. The van der Waals surface area contributed by atoms with Crippen LogP contribution in [0.1, 0.15) is 33.4 Å². The second kappa shape index (κ2) is 15.2. The molecule has 1 atom stereocenters. The first-order valence-corrected chi connectivity index (χ1v) is 16.3. The maximum Gasteiger partial charge on any atom is 0.416 e. The third kappa shape index (κ3) is 8.29. The molecule has 0 N–H and O–H groups in total. The van der Waals surface area contributed by atoms with Gasteiger partial charge in [0.05, 0.1) is 18.4 Å². The lowest BCUT2D eigenvalue weighted by Gasteiger charge is -2.37. The SMILES string of the molecule is COc1ccc2c(c1)CCN(C(=O)C(Cc1ccccc1)N(Cc1ccc(-c3ccccn3)cc1)C(=O)C=Cc1ccc(C(F)(F)F)cc1)C2. The van der Waals surface area contributed by atoms with Gasteiger partial charge in [-0.25, -0.2) is 0 Å². The maximum atomic E-state index is 14.6. The molecule has 1 unspecified atom stereocenters. The van der Waals surface area contributed by atoms with Crippen LogP contribution < -0.4 is 4.74 Å². The fourth-order valence-corrected chi connectivity index (χ4v) is 6.12. The Bertz CT molecular complexity index is 1950. The zero-order chi connectivity index (χ0) is 35.1. The molecule has 2 heterocycles. The van der Waals surface area contributed by atoms with Crippen molar-refractivity contribution in [3.05, 3.63) is 161 Å². The van der Waals surface area contributed by atoms with E-state index in [1.54, 1.807) is 23.1 Å². The summed E-state index contributed by atoms with van der Waals surface area (Å²) in [5.41, 5.74) is 5.22. The Labute approximate surface area is 289 Å². The van der Waals surface area contributed by atoms with Crippen LogP contribution in [0.3, 0.4) is 0 Å². The molecular formula is C41H36F3N3O3. The summed E-state index contributed by atoms with van der Waals surface area (Å²) < 4.78 is 44.9. The van der Waals surface area contributed by atoms with E-state index in [2.05, 4.69) is 4.98 Å². The minimum atomic E-state index is -4.47. The molecule has 4 aromatic carbocycles. The molecule has 1 aliphatic rings. The molecule has 0 saturated heterocycles. The molecule has 0 fully saturated rings. The van der Waals surface area contributed by atoms with Crippen LogP contribution in [0.4, 0.5) is 13.2 Å². The van der Waals surface area contributed by atoms with Gasteiger partial charge in [-0.3, -0.25) is 14.6 Å². The third-order valence-electron chi connectivity index (χ3n) is 8.88. The highest BCUT2D eigenvalue weighted by Gasteiger charge is 2.34. The molecule has 2 amide bonds. The second-order valence-corrected chi connectivity index (χ2v) is 12.2. The van der Waals surface area contributed by atoms with Crippen molar-refractivity contribution in [2.45, 2.75) is 38.1 Å². The van der Waals surface area contributed by atoms with Gasteiger partial charge in [-0.15, -0.1) is 0 Å². The van der Waals surface area contributed by atoms with E-state index in [-0.39, 0.29) is 18.9 Å². The molecule has 0 radical (unpaired) electrons. The number of benzene rings is 4. The van der Waals surface area contributed by atoms with Gasteiger partial charge in [0, 0.05) is 43.9 Å². The van der Waals surface area contributed by atoms with E-state index in [0.29, 0.717) is 25.1 Å². The van der Waals surface area contributed by atoms with Crippen LogP contribution >= 0.6 is 0 Å². The van der Waals surface area contributed by atoms with E-state index in [1.807, 2.05) is 91.0 Å². The van der Waals surface area contributed by atoms with Crippen molar-refractivity contribution in [2.24, 2.45) is 0 Å². The number of alkyl halides is 3. The summed E-state index contributed by atoms with van der Waals surface area (Å²) >= 11 is 0. The van der Waals surface area contributed by atoms with Crippen molar-refractivity contribution < 1.29 is 27.5 Å². The Balaban J connectivity index is 1.33. The van der Waals surface area contributed by atoms with Crippen LogP contribution in [0.25, 0.3) is 17.3 Å². The predicted molar refractivity (Wildman–Crippen MR) is 187 cm³/mol. The summed E-state index contributed by atoms with van der Waals surface area (Å²) in [7, 11) is 1.62. The molecule has 0 bridgehead atoms. The number of methoxy groups -OCH3 is 1. The standard InChI is InChI=1S/C41H36F3N3O3/c1-50-36-20-17-34-28-46(24-22-33(34)26-36)40(49)38(25-30-7-3-2-4-8-30)47(27-31-10-15-32(16-11-31)37-9-5-6-23-45-37)39(48)21-14-29-12-18-35(19-13-29)41(42,43)44/h2-21,23,26,38H,22,24-25,27-28H2,1H3. The number of nitrogens with zero attached hydrogens (tertiary/aromatic N) is 3. The molecule has 0 spiro atoms. The molecule has 5 aromatic rings. The minimum Gasteiger partial charge on any atom is -0.497 e. The summed E-state index contributed by atoms with van der Waals surface area (Å²) in [5.74, 6) is 0.142. The lowest BCUT2D eigenvalue weighted by atomic mass is 9.97. The van der Waals surface area contributed by atoms with Crippen molar-refractivity contribution in [3.63, 3.8) is 0 Å². The van der Waals surface area contributed by atoms with E-state index in [4.69, 9.17) is 4.74 Å². The number of pyridine rings is 1. The second-order valence-electron chi connectivity index (χ2n) is 12.2. The highest BCUT2D eigenvalue weighted by atomic mass is 19.4. The number of rotatable bonds is 10. The lowest BCUT2D eigenvalue weighted by molar-refractivity contribution is -0.144. The largest absolute Gasteiger partial charge is 0.497 e. The zero-order valence-electron chi connectivity index (χ0n) is 27.5. The van der Waals surface area contributed by atoms with Crippen LogP contribution in [0.15, 0.2) is 128 Å². The van der Waals surface area contributed by atoms with E-state index in [1.165, 1.54) is 24.3 Å². The normalized spacial score (nSPS) is 13.5. The monoisotopic (exact) mass is 675 g/mol. The summed E-state index contributed by atoms with van der Waals surface area (Å²) in [5, 5.41) is 0. The zero-order valence-corrected chi connectivity index (χ0v) is 27.5. The quantitative estimate of drug-likeness (QED) is 0.141. The average molecular weight is 676 g/mol. The van der Waals surface area contributed by atoms with Crippen molar-refractivity contribution >= 4 is 17.9 Å². The topological polar surface area (TPSA) is 62.7 Å². The number of ether oxygens (including phenoxy) is 1. The number of carbonyl (C=O) groups excluding carboxylic acids is 2. The lowest BCUT2D eigenvalue weighted by Crippen LogP contribution is -2.52. The van der Waals surface area contributed by atoms with E-state index in [9.17, 15) is 22.8 Å². The number of carbonyl (C=O) groups is 2. The molecule has 6 nitrogen and oxygen atoms in total. The summed E-state index contributed by atoms with van der Waals surface area (Å²) in [4.78, 5) is 36.6. The molecule has 1 aliphatic heterocycles. The average Bonchev–Trinajstić information content (AvgIpc) is 3.15. The number of hydrogen-bond donors (Lipinski definition) is 0. The van der Waals surface area contributed by atoms with Crippen LogP contribution in [-0.2, 0) is 41.7 Å². The number of hydrogen-bond acceptors (Lipinski definition) is 4. The molecule has 50 heavy (non-hydrogen) atoms. The number of aromatic nitrogens is 1. The van der Waals surface area contributed by atoms with E-state index >= 15 is 0 Å². The molecular weight excluding hydrogens is 639 g/mol. The van der Waals surface area contributed by atoms with Gasteiger partial charge in [0.15, 0.2) is 0 Å². The molecule has 9 heteroatoms. The van der Waals surface area contributed by atoms with Gasteiger partial charge in [-0.2, -0.15) is 13.2 Å². The Hall–Kier alpha value is -5.70. The third-order valence-corrected chi connectivity index (χ3v) is 8.88. The van der Waals surface area contributed by atoms with Crippen LogP contribution in [-0.4, -0.2) is 46.3 Å². The van der Waals surface area contributed by atoms with Crippen molar-refractivity contribution in [1.82, 2.24) is 14.8 Å². The highest BCUT2D eigenvalue weighted by molar-refractivity contribution is 5.96. The first-order valence-electron chi connectivity index (χ1n) is 16.3. The first-order chi connectivity index (χ1) is 24.2. The summed E-state index contributed by atoms with van der Waals surface area (Å²) in [6.07, 6.45) is 0.988. The summed E-state index contributed by atoms with van der Waals surface area (Å²) in [6, 6.07) is 32.5. The molecule has 0 saturated carbocycles. The van der Waals surface area contributed by atoms with Gasteiger partial charge in [0.25, 0.3) is 0 Å². The summed E-state index contributed by atoms with van der Waals surface area (Å²) in [6.45, 7) is 1.00. The first kappa shape index (κ1) is 34.2. The minimum absolute atomic E-state index is 0.129. The predicted octanol–water partition coefficient (Wildman–Crippen LogP) is 8.01. The van der Waals surface area contributed by atoms with Gasteiger partial charge in [-0.1, -0.05) is 78.9 Å². The Morgan fingerprint density at radius 1 is 0.880 bits per heavy atom. The number of fused-ring (bicyclic) bond motifs is 1. The van der Waals surface area contributed by atoms with Crippen LogP contribution in [0, 0.1) is 0 Å². The number of amides is 2. The van der Waals surface area contributed by atoms with Gasteiger partial charge in [0.2, 0.25) is 11.8 Å². The van der Waals surface area contributed by atoms with Gasteiger partial charge in [-0.05, 0) is 76.7 Å². The van der Waals surface area contributed by atoms with E-state index in [0.717, 1.165) is 51.4 Å². The van der Waals surface area contributed by atoms with Gasteiger partial charge < -0.3 is 14.5 Å². The number of halogens is 3. The van der Waals surface area contributed by atoms with Crippen LogP contribution in [0.2, 0.25) is 0 Å².